The van der Waals surface area contributed by atoms with Crippen LogP contribution in [0.3, 0.4) is 0 Å². The van der Waals surface area contributed by atoms with Crippen LogP contribution in [-0.4, -0.2) is 4.92 Å². The maximum absolute atomic E-state index is 11.2. The standard InChI is InChI=1S/C14H18BrNO2/c1-4-6-7-11(5-2)14-10(3)8-12(15)9-13(14)16(17)18/h4,6-7,9-10H,5,8H2,1-3H3/b6-4-,11-7+. The lowest BCUT2D eigenvalue weighted by atomic mass is 9.85. The van der Waals surface area contributed by atoms with Crippen molar-refractivity contribution in [1.82, 2.24) is 0 Å². The van der Waals surface area contributed by atoms with Crippen molar-refractivity contribution in [3.05, 3.63) is 55.7 Å². The number of nitro groups is 1. The molecule has 1 atom stereocenters. The molecule has 1 rings (SSSR count). The highest BCUT2D eigenvalue weighted by Crippen LogP contribution is 2.37. The second kappa shape index (κ2) is 6.69. The van der Waals surface area contributed by atoms with Crippen LogP contribution >= 0.6 is 15.9 Å². The molecule has 0 fully saturated rings. The third-order valence-corrected chi connectivity index (χ3v) is 3.53. The minimum absolute atomic E-state index is 0.168. The van der Waals surface area contributed by atoms with Crippen molar-refractivity contribution < 1.29 is 4.92 Å². The fourth-order valence-corrected chi connectivity index (χ4v) is 2.88. The molecular formula is C14H18BrNO2. The molecule has 0 aliphatic heterocycles. The van der Waals surface area contributed by atoms with Gasteiger partial charge >= 0.3 is 0 Å². The number of rotatable bonds is 4. The maximum Gasteiger partial charge on any atom is 0.273 e. The highest BCUT2D eigenvalue weighted by molar-refractivity contribution is 9.11. The van der Waals surface area contributed by atoms with Gasteiger partial charge in [0.15, 0.2) is 0 Å². The Labute approximate surface area is 116 Å². The van der Waals surface area contributed by atoms with Crippen molar-refractivity contribution in [3.8, 4) is 0 Å². The molecule has 0 radical (unpaired) electrons. The summed E-state index contributed by atoms with van der Waals surface area (Å²) in [5, 5.41) is 11.2. The third kappa shape index (κ3) is 3.42. The molecule has 98 valence electrons. The molecule has 0 N–H and O–H groups in total. The quantitative estimate of drug-likeness (QED) is 0.427. The third-order valence-electron chi connectivity index (χ3n) is 2.98. The Kier molecular flexibility index (Phi) is 5.54. The molecule has 1 unspecified atom stereocenters. The van der Waals surface area contributed by atoms with Gasteiger partial charge in [0.05, 0.1) is 4.92 Å². The van der Waals surface area contributed by atoms with E-state index in [0.29, 0.717) is 0 Å². The topological polar surface area (TPSA) is 43.1 Å². The van der Waals surface area contributed by atoms with E-state index in [-0.39, 0.29) is 16.5 Å². The number of hydrogen-bond donors (Lipinski definition) is 0. The Bertz CT molecular complexity index is 458. The van der Waals surface area contributed by atoms with E-state index in [1.165, 1.54) is 0 Å². The Morgan fingerprint density at radius 2 is 2.33 bits per heavy atom. The van der Waals surface area contributed by atoms with E-state index in [4.69, 9.17) is 0 Å². The van der Waals surface area contributed by atoms with Crippen LogP contribution in [-0.2, 0) is 0 Å². The van der Waals surface area contributed by atoms with Gasteiger partial charge in [0.2, 0.25) is 0 Å². The van der Waals surface area contributed by atoms with Crippen molar-refractivity contribution in [2.75, 3.05) is 0 Å². The van der Waals surface area contributed by atoms with Crippen LogP contribution in [0.25, 0.3) is 0 Å². The molecule has 0 bridgehead atoms. The summed E-state index contributed by atoms with van der Waals surface area (Å²) in [4.78, 5) is 10.9. The lowest BCUT2D eigenvalue weighted by Crippen LogP contribution is -2.14. The second-order valence-corrected chi connectivity index (χ2v) is 5.34. The Morgan fingerprint density at radius 1 is 1.67 bits per heavy atom. The first-order valence-corrected chi connectivity index (χ1v) is 6.87. The molecule has 0 heterocycles. The number of allylic oxidation sites excluding steroid dienone is 7. The van der Waals surface area contributed by atoms with Crippen LogP contribution in [0.1, 0.15) is 33.6 Å². The van der Waals surface area contributed by atoms with E-state index >= 15 is 0 Å². The number of halogens is 1. The van der Waals surface area contributed by atoms with Gasteiger partial charge in [-0.3, -0.25) is 10.1 Å². The first-order valence-electron chi connectivity index (χ1n) is 6.08. The highest BCUT2D eigenvalue weighted by Gasteiger charge is 2.28. The Morgan fingerprint density at radius 3 is 2.83 bits per heavy atom. The minimum Gasteiger partial charge on any atom is -0.258 e. The summed E-state index contributed by atoms with van der Waals surface area (Å²) in [5.74, 6) is 0.168. The molecule has 3 nitrogen and oxygen atoms in total. The Balaban J connectivity index is 3.36. The number of nitrogens with zero attached hydrogens (tertiary/aromatic N) is 1. The van der Waals surface area contributed by atoms with E-state index in [9.17, 15) is 10.1 Å². The summed E-state index contributed by atoms with van der Waals surface area (Å²) in [5.41, 5.74) is 2.13. The number of hydrogen-bond acceptors (Lipinski definition) is 2. The molecule has 18 heavy (non-hydrogen) atoms. The average Bonchev–Trinajstić information content (AvgIpc) is 2.31. The van der Waals surface area contributed by atoms with E-state index < -0.39 is 0 Å². The highest BCUT2D eigenvalue weighted by atomic mass is 79.9. The second-order valence-electron chi connectivity index (χ2n) is 4.32. The molecule has 0 aromatic carbocycles. The van der Waals surface area contributed by atoms with Crippen LogP contribution in [0.4, 0.5) is 0 Å². The summed E-state index contributed by atoms with van der Waals surface area (Å²) >= 11 is 3.38. The van der Waals surface area contributed by atoms with Gasteiger partial charge in [0.1, 0.15) is 0 Å². The van der Waals surface area contributed by atoms with E-state index in [2.05, 4.69) is 15.9 Å². The molecule has 0 saturated heterocycles. The van der Waals surface area contributed by atoms with Gasteiger partial charge in [-0.05, 0) is 31.3 Å². The van der Waals surface area contributed by atoms with Crippen LogP contribution in [0.5, 0.6) is 0 Å². The minimum atomic E-state index is -0.286. The summed E-state index contributed by atoms with van der Waals surface area (Å²) < 4.78 is 0.895. The van der Waals surface area contributed by atoms with Crippen LogP contribution in [0.15, 0.2) is 45.6 Å². The predicted octanol–water partition coefficient (Wildman–Crippen LogP) is 4.75. The van der Waals surface area contributed by atoms with Gasteiger partial charge in [0, 0.05) is 16.1 Å². The molecule has 4 heteroatoms. The van der Waals surface area contributed by atoms with Crippen molar-refractivity contribution in [2.45, 2.75) is 33.6 Å². The summed E-state index contributed by atoms with van der Waals surface area (Å²) in [6, 6.07) is 0. The van der Waals surface area contributed by atoms with Crippen molar-refractivity contribution in [1.29, 1.82) is 0 Å². The summed E-state index contributed by atoms with van der Waals surface area (Å²) in [6.07, 6.45) is 9.09. The van der Waals surface area contributed by atoms with Gasteiger partial charge in [-0.25, -0.2) is 0 Å². The van der Waals surface area contributed by atoms with Gasteiger partial charge in [0.25, 0.3) is 5.70 Å². The van der Waals surface area contributed by atoms with Crippen molar-refractivity contribution in [2.24, 2.45) is 5.92 Å². The normalized spacial score (nSPS) is 21.4. The van der Waals surface area contributed by atoms with Crippen molar-refractivity contribution >= 4 is 15.9 Å². The van der Waals surface area contributed by atoms with Gasteiger partial charge in [-0.1, -0.05) is 48.0 Å². The molecule has 0 aromatic heterocycles. The monoisotopic (exact) mass is 311 g/mol. The largest absolute Gasteiger partial charge is 0.273 e. The molecule has 0 saturated carbocycles. The fraction of sp³-hybridized carbons (Fsp3) is 0.429. The van der Waals surface area contributed by atoms with Crippen molar-refractivity contribution in [3.63, 3.8) is 0 Å². The SMILES string of the molecule is C/C=C\C=C(/CC)C1=C([N+](=O)[O-])C=C(Br)CC1C. The summed E-state index contributed by atoms with van der Waals surface area (Å²) in [7, 11) is 0. The zero-order chi connectivity index (χ0) is 13.7. The molecule has 0 spiro atoms. The first kappa shape index (κ1) is 14.9. The zero-order valence-corrected chi connectivity index (χ0v) is 12.5. The first-order chi connectivity index (χ1) is 8.51. The van der Waals surface area contributed by atoms with E-state index in [0.717, 1.165) is 28.5 Å². The van der Waals surface area contributed by atoms with Crippen LogP contribution < -0.4 is 0 Å². The maximum atomic E-state index is 11.2. The van der Waals surface area contributed by atoms with Gasteiger partial charge in [-0.2, -0.15) is 0 Å². The van der Waals surface area contributed by atoms with E-state index in [1.54, 1.807) is 6.08 Å². The molecule has 1 aliphatic carbocycles. The van der Waals surface area contributed by atoms with Gasteiger partial charge < -0.3 is 0 Å². The molecular weight excluding hydrogens is 294 g/mol. The molecule has 1 aliphatic rings. The summed E-state index contributed by atoms with van der Waals surface area (Å²) in [6.45, 7) is 6.00. The van der Waals surface area contributed by atoms with Crippen LogP contribution in [0, 0.1) is 16.0 Å². The lowest BCUT2D eigenvalue weighted by Gasteiger charge is -2.21. The lowest BCUT2D eigenvalue weighted by molar-refractivity contribution is -0.420. The average molecular weight is 312 g/mol. The molecule has 0 aromatic rings. The van der Waals surface area contributed by atoms with Crippen LogP contribution in [0.2, 0.25) is 0 Å². The smallest absolute Gasteiger partial charge is 0.258 e. The predicted molar refractivity (Wildman–Crippen MR) is 78.0 cm³/mol. The molecule has 0 amide bonds. The van der Waals surface area contributed by atoms with Gasteiger partial charge in [-0.15, -0.1) is 0 Å². The zero-order valence-electron chi connectivity index (χ0n) is 10.9. The fourth-order valence-electron chi connectivity index (χ4n) is 2.17. The van der Waals surface area contributed by atoms with E-state index in [1.807, 2.05) is 39.0 Å². The Hall–Kier alpha value is -1.16.